The largest absolute Gasteiger partial charge is 0.508 e. The molecule has 1 aliphatic rings. The summed E-state index contributed by atoms with van der Waals surface area (Å²) in [7, 11) is 1.52. The summed E-state index contributed by atoms with van der Waals surface area (Å²) in [5.74, 6) is -0.786. The molecule has 2 heterocycles. The molecule has 1 aromatic heterocycles. The fourth-order valence-electron chi connectivity index (χ4n) is 3.56. The normalized spacial score (nSPS) is 18.0. The molecule has 2 aromatic carbocycles. The zero-order valence-electron chi connectivity index (χ0n) is 16.1. The average Bonchev–Trinajstić information content (AvgIpc) is 3.36. The number of phenolic OH excluding ortho intramolecular Hbond substituents is 1. The van der Waals surface area contributed by atoms with Crippen molar-refractivity contribution in [2.24, 2.45) is 0 Å². The minimum atomic E-state index is -0.885. The van der Waals surface area contributed by atoms with Gasteiger partial charge in [-0.1, -0.05) is 12.1 Å². The highest BCUT2D eigenvalue weighted by Crippen LogP contribution is 2.41. The van der Waals surface area contributed by atoms with Gasteiger partial charge in [-0.25, -0.2) is 0 Å². The maximum atomic E-state index is 12.9. The molecule has 1 aliphatic heterocycles. The van der Waals surface area contributed by atoms with Gasteiger partial charge in [-0.3, -0.25) is 9.59 Å². The highest BCUT2D eigenvalue weighted by Gasteiger charge is 2.46. The summed E-state index contributed by atoms with van der Waals surface area (Å²) in [6, 6.07) is 15.3. The van der Waals surface area contributed by atoms with Crippen LogP contribution in [0.1, 0.15) is 22.9 Å². The molecule has 30 heavy (non-hydrogen) atoms. The molecule has 0 spiro atoms. The first-order valence-electron chi connectivity index (χ1n) is 9.23. The van der Waals surface area contributed by atoms with E-state index in [2.05, 4.69) is 0 Å². The summed E-state index contributed by atoms with van der Waals surface area (Å²) in [6.07, 6.45) is 1.48. The molecule has 1 saturated heterocycles. The lowest BCUT2D eigenvalue weighted by molar-refractivity contribution is -0.140. The Morgan fingerprint density at radius 3 is 2.50 bits per heavy atom. The van der Waals surface area contributed by atoms with Crippen LogP contribution < -0.4 is 4.74 Å². The molecule has 1 amide bonds. The molecule has 3 aromatic rings. The summed E-state index contributed by atoms with van der Waals surface area (Å²) in [5.41, 5.74) is 0.815. The van der Waals surface area contributed by atoms with Gasteiger partial charge in [-0.2, -0.15) is 0 Å². The van der Waals surface area contributed by atoms with Crippen molar-refractivity contribution in [2.45, 2.75) is 12.6 Å². The maximum Gasteiger partial charge on any atom is 0.296 e. The Balaban J connectivity index is 1.85. The number of hydrogen-bond acceptors (Lipinski definition) is 6. The molecule has 152 valence electrons. The third-order valence-electron chi connectivity index (χ3n) is 5.00. The number of aliphatic hydroxyl groups is 1. The summed E-state index contributed by atoms with van der Waals surface area (Å²) >= 11 is 0. The summed E-state index contributed by atoms with van der Waals surface area (Å²) < 4.78 is 10.5. The number of methoxy groups -OCH3 is 1. The van der Waals surface area contributed by atoms with Crippen LogP contribution in [0.25, 0.3) is 5.76 Å². The van der Waals surface area contributed by atoms with Crippen molar-refractivity contribution in [1.29, 1.82) is 0 Å². The summed E-state index contributed by atoms with van der Waals surface area (Å²) in [5, 5.41) is 20.9. The van der Waals surface area contributed by atoms with E-state index in [-0.39, 0.29) is 23.6 Å². The quantitative estimate of drug-likeness (QED) is 0.382. The third kappa shape index (κ3) is 3.41. The van der Waals surface area contributed by atoms with Crippen LogP contribution in [0, 0.1) is 0 Å². The fourth-order valence-corrected chi connectivity index (χ4v) is 3.56. The Bertz CT molecular complexity index is 1110. The zero-order valence-corrected chi connectivity index (χ0v) is 16.1. The van der Waals surface area contributed by atoms with Gasteiger partial charge in [-0.15, -0.1) is 0 Å². The molecule has 0 saturated carbocycles. The molecule has 1 fully saturated rings. The third-order valence-corrected chi connectivity index (χ3v) is 5.00. The summed E-state index contributed by atoms with van der Waals surface area (Å²) in [4.78, 5) is 27.1. The second-order valence-electron chi connectivity index (χ2n) is 6.83. The topological polar surface area (TPSA) is 100 Å². The number of furan rings is 1. The first-order valence-corrected chi connectivity index (χ1v) is 9.23. The molecule has 2 N–H and O–H groups in total. The molecule has 7 nitrogen and oxygen atoms in total. The number of rotatable bonds is 5. The van der Waals surface area contributed by atoms with Crippen molar-refractivity contribution < 1.29 is 29.0 Å². The van der Waals surface area contributed by atoms with Crippen LogP contribution in [0.4, 0.5) is 0 Å². The molecular formula is C23H19NO6. The summed E-state index contributed by atoms with van der Waals surface area (Å²) in [6.45, 7) is 0.0390. The number of amides is 1. The van der Waals surface area contributed by atoms with E-state index in [0.717, 1.165) is 0 Å². The second-order valence-corrected chi connectivity index (χ2v) is 6.83. The molecule has 7 heteroatoms. The Morgan fingerprint density at radius 2 is 1.87 bits per heavy atom. The SMILES string of the molecule is COc1ccc(/C(O)=C2/C(=O)C(=O)N(Cc3ccco3)C2c2cccc(O)c2)cc1. The van der Waals surface area contributed by atoms with E-state index < -0.39 is 17.7 Å². The van der Waals surface area contributed by atoms with Gasteiger partial charge in [-0.05, 0) is 54.1 Å². The number of hydrogen-bond donors (Lipinski definition) is 2. The lowest BCUT2D eigenvalue weighted by atomic mass is 9.95. The van der Waals surface area contributed by atoms with Crippen molar-refractivity contribution in [3.05, 3.63) is 89.4 Å². The Kier molecular flexibility index (Phi) is 5.02. The van der Waals surface area contributed by atoms with Gasteiger partial charge in [0.15, 0.2) is 0 Å². The number of ether oxygens (including phenoxy) is 1. The first kappa shape index (κ1) is 19.3. The molecular weight excluding hydrogens is 386 g/mol. The van der Waals surface area contributed by atoms with Crippen LogP contribution in [0.5, 0.6) is 11.5 Å². The van der Waals surface area contributed by atoms with Crippen LogP contribution in [-0.4, -0.2) is 33.9 Å². The monoisotopic (exact) mass is 405 g/mol. The Hall–Kier alpha value is -4.00. The van der Waals surface area contributed by atoms with E-state index >= 15 is 0 Å². The van der Waals surface area contributed by atoms with Gasteiger partial charge in [0.05, 0.1) is 31.5 Å². The minimum Gasteiger partial charge on any atom is -0.508 e. The van der Waals surface area contributed by atoms with Gasteiger partial charge < -0.3 is 24.3 Å². The second kappa shape index (κ2) is 7.79. The van der Waals surface area contributed by atoms with Crippen LogP contribution in [0.3, 0.4) is 0 Å². The number of aliphatic hydroxyl groups excluding tert-OH is 1. The smallest absolute Gasteiger partial charge is 0.296 e. The molecule has 1 unspecified atom stereocenters. The average molecular weight is 405 g/mol. The highest BCUT2D eigenvalue weighted by atomic mass is 16.5. The predicted octanol–water partition coefficient (Wildman–Crippen LogP) is 3.62. The van der Waals surface area contributed by atoms with Crippen molar-refractivity contribution in [1.82, 2.24) is 4.90 Å². The van der Waals surface area contributed by atoms with Gasteiger partial charge in [0.25, 0.3) is 11.7 Å². The number of benzene rings is 2. The van der Waals surface area contributed by atoms with Crippen LogP contribution in [-0.2, 0) is 16.1 Å². The van der Waals surface area contributed by atoms with Crippen LogP contribution in [0.2, 0.25) is 0 Å². The van der Waals surface area contributed by atoms with E-state index in [4.69, 9.17) is 9.15 Å². The number of Topliss-reactive ketones (excluding diaryl/α,β-unsaturated/α-hetero) is 1. The van der Waals surface area contributed by atoms with Crippen molar-refractivity contribution in [3.8, 4) is 11.5 Å². The first-order chi connectivity index (χ1) is 14.5. The van der Waals surface area contributed by atoms with Gasteiger partial charge in [0.2, 0.25) is 0 Å². The van der Waals surface area contributed by atoms with Crippen molar-refractivity contribution in [2.75, 3.05) is 7.11 Å². The maximum absolute atomic E-state index is 12.9. The molecule has 4 rings (SSSR count). The number of likely N-dealkylation sites (tertiary alicyclic amines) is 1. The molecule has 1 atom stereocenters. The highest BCUT2D eigenvalue weighted by molar-refractivity contribution is 6.46. The molecule has 0 radical (unpaired) electrons. The molecule has 0 aliphatic carbocycles. The lowest BCUT2D eigenvalue weighted by Gasteiger charge is -2.24. The number of carbonyl (C=O) groups excluding carboxylic acids is 2. The Morgan fingerprint density at radius 1 is 1.10 bits per heavy atom. The van der Waals surface area contributed by atoms with E-state index in [9.17, 15) is 19.8 Å². The van der Waals surface area contributed by atoms with Crippen molar-refractivity contribution >= 4 is 17.4 Å². The van der Waals surface area contributed by atoms with E-state index in [1.165, 1.54) is 30.4 Å². The lowest BCUT2D eigenvalue weighted by Crippen LogP contribution is -2.29. The predicted molar refractivity (Wildman–Crippen MR) is 108 cm³/mol. The number of phenols is 1. The number of aromatic hydroxyl groups is 1. The van der Waals surface area contributed by atoms with Gasteiger partial charge >= 0.3 is 0 Å². The van der Waals surface area contributed by atoms with E-state index in [0.29, 0.717) is 22.6 Å². The van der Waals surface area contributed by atoms with Gasteiger partial charge in [0, 0.05) is 5.56 Å². The van der Waals surface area contributed by atoms with Crippen LogP contribution in [0.15, 0.2) is 76.9 Å². The van der Waals surface area contributed by atoms with E-state index in [1.54, 1.807) is 48.5 Å². The van der Waals surface area contributed by atoms with Gasteiger partial charge in [0.1, 0.15) is 23.0 Å². The minimum absolute atomic E-state index is 0.0134. The Labute approximate surface area is 172 Å². The van der Waals surface area contributed by atoms with Crippen molar-refractivity contribution in [3.63, 3.8) is 0 Å². The van der Waals surface area contributed by atoms with Crippen LogP contribution >= 0.6 is 0 Å². The fraction of sp³-hybridized carbons (Fsp3) is 0.130. The number of carbonyl (C=O) groups is 2. The number of ketones is 1. The number of nitrogens with zero attached hydrogens (tertiary/aromatic N) is 1. The van der Waals surface area contributed by atoms with E-state index in [1.807, 2.05) is 0 Å². The standard InChI is InChI=1S/C23H19NO6/c1-29-17-9-7-14(8-10-17)21(26)19-20(15-4-2-5-16(25)12-15)24(23(28)22(19)27)13-18-6-3-11-30-18/h2-12,20,25-26H,13H2,1H3/b21-19-. The zero-order chi connectivity index (χ0) is 21.3. The molecule has 0 bridgehead atoms.